The fourth-order valence-corrected chi connectivity index (χ4v) is 2.84. The first kappa shape index (κ1) is 14.3. The molecule has 0 aromatic carbocycles. The highest BCUT2D eigenvalue weighted by molar-refractivity contribution is 6.18. The van der Waals surface area contributed by atoms with Gasteiger partial charge in [-0.1, -0.05) is 40.0 Å². The summed E-state index contributed by atoms with van der Waals surface area (Å²) in [7, 11) is 0. The van der Waals surface area contributed by atoms with Gasteiger partial charge < -0.3 is 5.32 Å². The highest BCUT2D eigenvalue weighted by atomic mass is 35.5. The maximum absolute atomic E-state index is 6.17. The molecule has 16 heavy (non-hydrogen) atoms. The lowest BCUT2D eigenvalue weighted by Gasteiger charge is -2.36. The van der Waals surface area contributed by atoms with Gasteiger partial charge in [0.05, 0.1) is 0 Å². The summed E-state index contributed by atoms with van der Waals surface area (Å²) in [5.41, 5.74) is 0.839. The molecule has 1 rings (SSSR count). The van der Waals surface area contributed by atoms with E-state index in [0.29, 0.717) is 10.8 Å². The second-order valence-electron chi connectivity index (χ2n) is 6.68. The molecule has 0 radical (unpaired) electrons. The predicted molar refractivity (Wildman–Crippen MR) is 73.2 cm³/mol. The van der Waals surface area contributed by atoms with Crippen molar-refractivity contribution in [3.05, 3.63) is 0 Å². The van der Waals surface area contributed by atoms with E-state index in [9.17, 15) is 0 Å². The molecular formula is C14H28ClN. The van der Waals surface area contributed by atoms with Gasteiger partial charge in [0.15, 0.2) is 0 Å². The third-order valence-electron chi connectivity index (χ3n) is 3.75. The number of halogens is 1. The van der Waals surface area contributed by atoms with Crippen LogP contribution in [0.5, 0.6) is 0 Å². The number of hydrogen-bond donors (Lipinski definition) is 1. The second kappa shape index (κ2) is 6.26. The summed E-state index contributed by atoms with van der Waals surface area (Å²) in [6, 6.07) is 0. The van der Waals surface area contributed by atoms with Crippen LogP contribution in [0.1, 0.15) is 59.3 Å². The smallest absolute Gasteiger partial charge is 0.0292 e. The lowest BCUT2D eigenvalue weighted by molar-refractivity contribution is 0.209. The molecule has 1 N–H and O–H groups in total. The largest absolute Gasteiger partial charge is 0.316 e. The Labute approximate surface area is 106 Å². The summed E-state index contributed by atoms with van der Waals surface area (Å²) in [5, 5.41) is 3.62. The van der Waals surface area contributed by atoms with Crippen molar-refractivity contribution < 1.29 is 0 Å². The molecule has 0 heterocycles. The Kier molecular flexibility index (Phi) is 5.60. The molecule has 1 aliphatic carbocycles. The van der Waals surface area contributed by atoms with Crippen molar-refractivity contribution in [1.29, 1.82) is 0 Å². The van der Waals surface area contributed by atoms with Crippen LogP contribution in [0.2, 0.25) is 0 Å². The lowest BCUT2D eigenvalue weighted by Crippen LogP contribution is -2.38. The van der Waals surface area contributed by atoms with Crippen LogP contribution < -0.4 is 5.32 Å². The first-order valence-corrected chi connectivity index (χ1v) is 7.28. The van der Waals surface area contributed by atoms with Crippen molar-refractivity contribution in [3.63, 3.8) is 0 Å². The number of hydrogen-bond acceptors (Lipinski definition) is 1. The molecule has 0 saturated heterocycles. The summed E-state index contributed by atoms with van der Waals surface area (Å²) in [4.78, 5) is 0. The highest BCUT2D eigenvalue weighted by Crippen LogP contribution is 2.36. The molecule has 1 nitrogen and oxygen atoms in total. The van der Waals surface area contributed by atoms with Gasteiger partial charge >= 0.3 is 0 Å². The summed E-state index contributed by atoms with van der Waals surface area (Å²) in [6.07, 6.45) is 8.02. The molecule has 0 bridgehead atoms. The van der Waals surface area contributed by atoms with Crippen LogP contribution in [0, 0.1) is 10.8 Å². The maximum Gasteiger partial charge on any atom is 0.0292 e. The van der Waals surface area contributed by atoms with Crippen LogP contribution in [-0.4, -0.2) is 19.0 Å². The van der Waals surface area contributed by atoms with Gasteiger partial charge in [0.2, 0.25) is 0 Å². The van der Waals surface area contributed by atoms with E-state index in [4.69, 9.17) is 11.6 Å². The minimum absolute atomic E-state index is 0.400. The minimum Gasteiger partial charge on any atom is -0.316 e. The minimum atomic E-state index is 0.400. The lowest BCUT2D eigenvalue weighted by atomic mass is 9.75. The third-order valence-corrected chi connectivity index (χ3v) is 4.32. The van der Waals surface area contributed by atoms with E-state index in [1.165, 1.54) is 38.5 Å². The van der Waals surface area contributed by atoms with E-state index in [-0.39, 0.29) is 0 Å². The first-order valence-electron chi connectivity index (χ1n) is 6.74. The molecule has 0 aromatic heterocycles. The Hall–Kier alpha value is 0.250. The van der Waals surface area contributed by atoms with Crippen LogP contribution in [0.25, 0.3) is 0 Å². The molecule has 1 aliphatic rings. The Bertz CT molecular complexity index is 189. The molecule has 0 unspecified atom stereocenters. The van der Waals surface area contributed by atoms with E-state index in [0.717, 1.165) is 19.0 Å². The van der Waals surface area contributed by atoms with Gasteiger partial charge in [-0.05, 0) is 36.6 Å². The summed E-state index contributed by atoms with van der Waals surface area (Å²) < 4.78 is 0. The molecule has 1 fully saturated rings. The average molecular weight is 246 g/mol. The van der Waals surface area contributed by atoms with Gasteiger partial charge in [0.25, 0.3) is 0 Å². The summed E-state index contributed by atoms with van der Waals surface area (Å²) in [5.74, 6) is 0.829. The normalized spacial score (nSPS) is 21.0. The Balaban J connectivity index is 2.23. The highest BCUT2D eigenvalue weighted by Gasteiger charge is 2.30. The summed E-state index contributed by atoms with van der Waals surface area (Å²) >= 11 is 6.17. The molecule has 0 atom stereocenters. The van der Waals surface area contributed by atoms with Crippen molar-refractivity contribution in [2.24, 2.45) is 10.8 Å². The third kappa shape index (κ3) is 5.05. The van der Waals surface area contributed by atoms with Gasteiger partial charge in [-0.3, -0.25) is 0 Å². The molecule has 0 spiro atoms. The Morgan fingerprint density at radius 1 is 1.12 bits per heavy atom. The number of nitrogens with one attached hydrogen (secondary N) is 1. The van der Waals surface area contributed by atoms with Gasteiger partial charge in [-0.15, -0.1) is 11.6 Å². The molecule has 0 amide bonds. The van der Waals surface area contributed by atoms with E-state index in [1.54, 1.807) is 0 Å². The fraction of sp³-hybridized carbons (Fsp3) is 1.00. The quantitative estimate of drug-likeness (QED) is 0.566. The van der Waals surface area contributed by atoms with Gasteiger partial charge in [0, 0.05) is 12.4 Å². The maximum atomic E-state index is 6.17. The van der Waals surface area contributed by atoms with Crippen LogP contribution in [-0.2, 0) is 0 Å². The summed E-state index contributed by atoms with van der Waals surface area (Å²) in [6.45, 7) is 9.14. The van der Waals surface area contributed by atoms with Gasteiger partial charge in [0.1, 0.15) is 0 Å². The molecule has 2 heteroatoms. The zero-order chi connectivity index (χ0) is 12.1. The Morgan fingerprint density at radius 2 is 1.75 bits per heavy atom. The van der Waals surface area contributed by atoms with Crippen molar-refractivity contribution in [2.45, 2.75) is 59.3 Å². The van der Waals surface area contributed by atoms with Crippen molar-refractivity contribution >= 4 is 11.6 Å². The Morgan fingerprint density at radius 3 is 2.25 bits per heavy atom. The van der Waals surface area contributed by atoms with Crippen LogP contribution in [0.4, 0.5) is 0 Å². The van der Waals surface area contributed by atoms with Crippen LogP contribution in [0.3, 0.4) is 0 Å². The van der Waals surface area contributed by atoms with Crippen molar-refractivity contribution in [2.75, 3.05) is 19.0 Å². The average Bonchev–Trinajstić information content (AvgIpc) is 2.25. The standard InChI is InChI=1S/C14H28ClN/c1-13(2,3)9-10-16-12-14(11-15)7-5-4-6-8-14/h16H,4-12H2,1-3H3. The van der Waals surface area contributed by atoms with Crippen LogP contribution >= 0.6 is 11.6 Å². The molecule has 96 valence electrons. The molecule has 0 aliphatic heterocycles. The van der Waals surface area contributed by atoms with Crippen molar-refractivity contribution in [1.82, 2.24) is 5.32 Å². The van der Waals surface area contributed by atoms with Crippen molar-refractivity contribution in [3.8, 4) is 0 Å². The molecule has 0 aromatic rings. The van der Waals surface area contributed by atoms with Gasteiger partial charge in [-0.25, -0.2) is 0 Å². The number of alkyl halides is 1. The zero-order valence-corrected chi connectivity index (χ0v) is 12.0. The van der Waals surface area contributed by atoms with E-state index in [1.807, 2.05) is 0 Å². The van der Waals surface area contributed by atoms with E-state index >= 15 is 0 Å². The topological polar surface area (TPSA) is 12.0 Å². The van der Waals surface area contributed by atoms with Crippen LogP contribution in [0.15, 0.2) is 0 Å². The van der Waals surface area contributed by atoms with Gasteiger partial charge in [-0.2, -0.15) is 0 Å². The monoisotopic (exact) mass is 245 g/mol. The SMILES string of the molecule is CC(C)(C)CCNCC1(CCl)CCCCC1. The van der Waals surface area contributed by atoms with E-state index < -0.39 is 0 Å². The second-order valence-corrected chi connectivity index (χ2v) is 6.95. The van der Waals surface area contributed by atoms with E-state index in [2.05, 4.69) is 26.1 Å². The fourth-order valence-electron chi connectivity index (χ4n) is 2.48. The molecule has 1 saturated carbocycles. The first-order chi connectivity index (χ1) is 7.47. The molecular weight excluding hydrogens is 218 g/mol. The zero-order valence-electron chi connectivity index (χ0n) is 11.2. The number of rotatable bonds is 5. The predicted octanol–water partition coefficient (Wildman–Crippen LogP) is 4.20.